The van der Waals surface area contributed by atoms with E-state index in [2.05, 4.69) is 14.9 Å². The lowest BCUT2D eigenvalue weighted by Crippen LogP contribution is -2.22. The minimum Gasteiger partial charge on any atom is -0.321 e. The standard InChI is InChI=1S/C13H16N4O3S2/c1-4-11-12(21-16-15-11)13(18)14-9-6-5-7-10(8-9)22(19,20)17(2)3/h5-8H,4H2,1-3H3,(H,14,18). The first kappa shape index (κ1) is 16.5. The molecule has 118 valence electrons. The fraction of sp³-hybridized carbons (Fsp3) is 0.308. The van der Waals surface area contributed by atoms with Gasteiger partial charge in [0.25, 0.3) is 5.91 Å². The van der Waals surface area contributed by atoms with Crippen LogP contribution in [0.4, 0.5) is 5.69 Å². The number of aromatic nitrogens is 2. The summed E-state index contributed by atoms with van der Waals surface area (Å²) in [5, 5.41) is 6.56. The molecule has 22 heavy (non-hydrogen) atoms. The Kier molecular flexibility index (Phi) is 4.89. The molecule has 0 aliphatic carbocycles. The lowest BCUT2D eigenvalue weighted by Gasteiger charge is -2.12. The number of nitrogens with zero attached hydrogens (tertiary/aromatic N) is 3. The number of carbonyl (C=O) groups is 1. The summed E-state index contributed by atoms with van der Waals surface area (Å²) in [6, 6.07) is 6.12. The molecule has 2 aromatic rings. The van der Waals surface area contributed by atoms with Crippen molar-refractivity contribution in [2.24, 2.45) is 0 Å². The molecule has 0 aliphatic rings. The number of benzene rings is 1. The molecule has 0 radical (unpaired) electrons. The van der Waals surface area contributed by atoms with Crippen LogP contribution in [0.15, 0.2) is 29.2 Å². The van der Waals surface area contributed by atoms with Crippen molar-refractivity contribution in [3.05, 3.63) is 34.8 Å². The van der Waals surface area contributed by atoms with Gasteiger partial charge in [-0.25, -0.2) is 12.7 Å². The third-order valence-corrected chi connectivity index (χ3v) is 5.55. The number of anilines is 1. The van der Waals surface area contributed by atoms with E-state index in [1.807, 2.05) is 6.92 Å². The van der Waals surface area contributed by atoms with Gasteiger partial charge < -0.3 is 5.32 Å². The van der Waals surface area contributed by atoms with Gasteiger partial charge in [0.1, 0.15) is 4.88 Å². The molecular formula is C13H16N4O3S2. The van der Waals surface area contributed by atoms with Crippen LogP contribution >= 0.6 is 11.5 Å². The van der Waals surface area contributed by atoms with E-state index >= 15 is 0 Å². The first-order chi connectivity index (χ1) is 10.4. The Morgan fingerprint density at radius 2 is 2.09 bits per heavy atom. The molecule has 0 spiro atoms. The lowest BCUT2D eigenvalue weighted by molar-refractivity contribution is 0.102. The molecule has 1 amide bonds. The average Bonchev–Trinajstić information content (AvgIpc) is 2.96. The predicted octanol–water partition coefficient (Wildman–Crippen LogP) is 1.60. The quantitative estimate of drug-likeness (QED) is 0.892. The van der Waals surface area contributed by atoms with E-state index in [0.717, 1.165) is 15.8 Å². The first-order valence-corrected chi connectivity index (χ1v) is 8.72. The van der Waals surface area contributed by atoms with Crippen molar-refractivity contribution in [2.75, 3.05) is 19.4 Å². The van der Waals surface area contributed by atoms with Crippen molar-refractivity contribution in [1.29, 1.82) is 0 Å². The van der Waals surface area contributed by atoms with Crippen molar-refractivity contribution in [1.82, 2.24) is 13.9 Å². The summed E-state index contributed by atoms with van der Waals surface area (Å²) in [6.45, 7) is 1.89. The SMILES string of the molecule is CCc1nnsc1C(=O)Nc1cccc(S(=O)(=O)N(C)C)c1. The zero-order chi connectivity index (χ0) is 16.3. The summed E-state index contributed by atoms with van der Waals surface area (Å²) in [5.74, 6) is -0.341. The Labute approximate surface area is 133 Å². The summed E-state index contributed by atoms with van der Waals surface area (Å²) < 4.78 is 29.1. The Morgan fingerprint density at radius 1 is 1.36 bits per heavy atom. The van der Waals surface area contributed by atoms with Crippen LogP contribution in [0.5, 0.6) is 0 Å². The largest absolute Gasteiger partial charge is 0.321 e. The number of nitrogens with one attached hydrogen (secondary N) is 1. The Bertz CT molecular complexity index is 784. The van der Waals surface area contributed by atoms with Gasteiger partial charge >= 0.3 is 0 Å². The van der Waals surface area contributed by atoms with Crippen molar-refractivity contribution < 1.29 is 13.2 Å². The molecule has 9 heteroatoms. The minimum absolute atomic E-state index is 0.119. The number of rotatable bonds is 5. The molecule has 0 saturated carbocycles. The number of carbonyl (C=O) groups excluding carboxylic acids is 1. The lowest BCUT2D eigenvalue weighted by atomic mass is 10.2. The van der Waals surface area contributed by atoms with Crippen molar-refractivity contribution >= 4 is 33.2 Å². The second-order valence-corrected chi connectivity index (χ2v) is 7.58. The summed E-state index contributed by atoms with van der Waals surface area (Å²) >= 11 is 1.02. The van der Waals surface area contributed by atoms with Gasteiger partial charge in [0.15, 0.2) is 0 Å². The molecule has 0 saturated heterocycles. The summed E-state index contributed by atoms with van der Waals surface area (Å²) in [4.78, 5) is 12.8. The molecule has 0 unspecified atom stereocenters. The van der Waals surface area contributed by atoms with Crippen LogP contribution in [-0.2, 0) is 16.4 Å². The van der Waals surface area contributed by atoms with Crippen LogP contribution in [0, 0.1) is 0 Å². The highest BCUT2D eigenvalue weighted by Gasteiger charge is 2.19. The molecular weight excluding hydrogens is 324 g/mol. The molecule has 0 bridgehead atoms. The zero-order valence-electron chi connectivity index (χ0n) is 12.4. The van der Waals surface area contributed by atoms with E-state index in [9.17, 15) is 13.2 Å². The highest BCUT2D eigenvalue weighted by atomic mass is 32.2. The van der Waals surface area contributed by atoms with E-state index in [1.54, 1.807) is 12.1 Å². The van der Waals surface area contributed by atoms with E-state index in [4.69, 9.17) is 0 Å². The number of aryl methyl sites for hydroxylation is 1. The molecule has 0 fully saturated rings. The minimum atomic E-state index is -3.54. The van der Waals surface area contributed by atoms with E-state index < -0.39 is 10.0 Å². The van der Waals surface area contributed by atoms with Crippen LogP contribution < -0.4 is 5.32 Å². The maximum absolute atomic E-state index is 12.2. The molecule has 1 aromatic heterocycles. The van der Waals surface area contributed by atoms with Gasteiger partial charge in [-0.15, -0.1) is 5.10 Å². The van der Waals surface area contributed by atoms with Crippen molar-refractivity contribution in [2.45, 2.75) is 18.2 Å². The third-order valence-electron chi connectivity index (χ3n) is 2.97. The van der Waals surface area contributed by atoms with Crippen LogP contribution in [0.3, 0.4) is 0 Å². The smallest absolute Gasteiger partial charge is 0.269 e. The summed E-state index contributed by atoms with van der Waals surface area (Å²) in [7, 11) is -0.631. The average molecular weight is 340 g/mol. The monoisotopic (exact) mass is 340 g/mol. The van der Waals surface area contributed by atoms with Crippen LogP contribution in [0.25, 0.3) is 0 Å². The van der Waals surface area contributed by atoms with Crippen LogP contribution in [-0.4, -0.2) is 42.3 Å². The maximum atomic E-state index is 12.2. The molecule has 2 rings (SSSR count). The second kappa shape index (κ2) is 6.51. The molecule has 1 N–H and O–H groups in total. The fourth-order valence-electron chi connectivity index (χ4n) is 1.75. The molecule has 1 heterocycles. The second-order valence-electron chi connectivity index (χ2n) is 4.67. The van der Waals surface area contributed by atoms with Crippen molar-refractivity contribution in [3.8, 4) is 0 Å². The fourth-order valence-corrected chi connectivity index (χ4v) is 3.34. The zero-order valence-corrected chi connectivity index (χ0v) is 14.0. The molecule has 7 nitrogen and oxygen atoms in total. The van der Waals surface area contributed by atoms with E-state index in [0.29, 0.717) is 22.7 Å². The Hall–Kier alpha value is -1.84. The van der Waals surface area contributed by atoms with Gasteiger partial charge in [-0.05, 0) is 36.2 Å². The number of hydrogen-bond donors (Lipinski definition) is 1. The predicted molar refractivity (Wildman–Crippen MR) is 84.6 cm³/mol. The Balaban J connectivity index is 2.26. The highest BCUT2D eigenvalue weighted by Crippen LogP contribution is 2.20. The van der Waals surface area contributed by atoms with Gasteiger partial charge in [0, 0.05) is 19.8 Å². The van der Waals surface area contributed by atoms with Crippen LogP contribution in [0.1, 0.15) is 22.3 Å². The van der Waals surface area contributed by atoms with Gasteiger partial charge in [-0.3, -0.25) is 4.79 Å². The molecule has 1 aromatic carbocycles. The van der Waals surface area contributed by atoms with E-state index in [1.165, 1.54) is 26.2 Å². The topological polar surface area (TPSA) is 92.3 Å². The number of hydrogen-bond acceptors (Lipinski definition) is 6. The first-order valence-electron chi connectivity index (χ1n) is 6.51. The Morgan fingerprint density at radius 3 is 2.73 bits per heavy atom. The molecule has 0 aliphatic heterocycles. The highest BCUT2D eigenvalue weighted by molar-refractivity contribution is 7.89. The van der Waals surface area contributed by atoms with Gasteiger partial charge in [0.2, 0.25) is 10.0 Å². The molecule has 0 atom stereocenters. The third kappa shape index (κ3) is 3.32. The summed E-state index contributed by atoms with van der Waals surface area (Å²) in [6.07, 6.45) is 0.605. The van der Waals surface area contributed by atoms with Crippen molar-refractivity contribution in [3.63, 3.8) is 0 Å². The van der Waals surface area contributed by atoms with Gasteiger partial charge in [-0.1, -0.05) is 17.5 Å². The van der Waals surface area contributed by atoms with Gasteiger partial charge in [0.05, 0.1) is 10.6 Å². The number of sulfonamides is 1. The van der Waals surface area contributed by atoms with Crippen LogP contribution in [0.2, 0.25) is 0 Å². The normalized spacial score (nSPS) is 11.6. The number of amides is 1. The van der Waals surface area contributed by atoms with Gasteiger partial charge in [-0.2, -0.15) is 0 Å². The maximum Gasteiger partial charge on any atom is 0.269 e. The van der Waals surface area contributed by atoms with E-state index in [-0.39, 0.29) is 10.8 Å². The summed E-state index contributed by atoms with van der Waals surface area (Å²) in [5.41, 5.74) is 1.03.